The highest BCUT2D eigenvalue weighted by Gasteiger charge is 2.59. The average molecular weight is 301 g/mol. The summed E-state index contributed by atoms with van der Waals surface area (Å²) in [5.74, 6) is 1.66. The van der Waals surface area contributed by atoms with Crippen molar-refractivity contribution in [3.8, 4) is 11.5 Å². The Balaban J connectivity index is 1.75. The van der Waals surface area contributed by atoms with Crippen LogP contribution in [0.25, 0.3) is 0 Å². The van der Waals surface area contributed by atoms with Gasteiger partial charge in [-0.05, 0) is 29.7 Å². The molecule has 5 rings (SSSR count). The van der Waals surface area contributed by atoms with Crippen molar-refractivity contribution in [3.63, 3.8) is 0 Å². The van der Waals surface area contributed by atoms with Crippen molar-refractivity contribution in [1.82, 2.24) is 4.90 Å². The highest BCUT2D eigenvalue weighted by Crippen LogP contribution is 2.54. The molecule has 0 aromatic heterocycles. The summed E-state index contributed by atoms with van der Waals surface area (Å²) in [6, 6.07) is 4.52. The van der Waals surface area contributed by atoms with E-state index < -0.39 is 0 Å². The first-order valence-electron chi connectivity index (χ1n) is 7.79. The zero-order chi connectivity index (χ0) is 14.9. The third-order valence-corrected chi connectivity index (χ3v) is 5.71. The smallest absolute Gasteiger partial charge is 0.231 e. The molecule has 5 heteroatoms. The summed E-state index contributed by atoms with van der Waals surface area (Å²) in [7, 11) is 1.78. The SMILES string of the molecule is COC1CN2Cc3cc4c(cc3C13C=CC(O)CC23)OCO4. The van der Waals surface area contributed by atoms with Gasteiger partial charge in [-0.25, -0.2) is 0 Å². The number of methoxy groups -OCH3 is 1. The molecule has 5 unspecified atom stereocenters. The van der Waals surface area contributed by atoms with Crippen LogP contribution < -0.4 is 9.47 Å². The second kappa shape index (κ2) is 4.25. The molecule has 0 radical (unpaired) electrons. The van der Waals surface area contributed by atoms with Crippen LogP contribution in [0.2, 0.25) is 0 Å². The van der Waals surface area contributed by atoms with Gasteiger partial charge < -0.3 is 19.3 Å². The molecule has 5 atom stereocenters. The Hall–Kier alpha value is -1.56. The van der Waals surface area contributed by atoms with Crippen molar-refractivity contribution in [2.75, 3.05) is 20.4 Å². The Kier molecular flexibility index (Phi) is 2.50. The van der Waals surface area contributed by atoms with Crippen LogP contribution in [0.1, 0.15) is 17.5 Å². The number of rotatable bonds is 1. The number of fused-ring (bicyclic) bond motifs is 2. The number of benzene rings is 1. The zero-order valence-electron chi connectivity index (χ0n) is 12.5. The second-order valence-corrected chi connectivity index (χ2v) is 6.63. The lowest BCUT2D eigenvalue weighted by Gasteiger charge is -2.46. The maximum absolute atomic E-state index is 10.1. The van der Waals surface area contributed by atoms with Gasteiger partial charge in [-0.3, -0.25) is 4.90 Å². The Morgan fingerprint density at radius 3 is 2.95 bits per heavy atom. The van der Waals surface area contributed by atoms with E-state index in [4.69, 9.17) is 14.2 Å². The lowest BCUT2D eigenvalue weighted by Crippen LogP contribution is -2.52. The lowest BCUT2D eigenvalue weighted by molar-refractivity contribution is 0.0626. The van der Waals surface area contributed by atoms with E-state index in [0.29, 0.717) is 6.79 Å². The number of hydrogen-bond donors (Lipinski definition) is 1. The number of hydrogen-bond acceptors (Lipinski definition) is 5. The predicted octanol–water partition coefficient (Wildman–Crippen LogP) is 1.19. The third kappa shape index (κ3) is 1.44. The number of aliphatic hydroxyl groups excluding tert-OH is 1. The van der Waals surface area contributed by atoms with Crippen molar-refractivity contribution >= 4 is 0 Å². The van der Waals surface area contributed by atoms with E-state index in [2.05, 4.69) is 23.1 Å². The lowest BCUT2D eigenvalue weighted by atomic mass is 9.65. The standard InChI is InChI=1S/C17H19NO4/c1-20-16-8-18-7-10-4-13-14(22-9-21-13)6-12(10)17(16)3-2-11(19)5-15(17)18/h2-4,6,11,15-16,19H,5,7-9H2,1H3. The van der Waals surface area contributed by atoms with Gasteiger partial charge in [0.25, 0.3) is 0 Å². The van der Waals surface area contributed by atoms with Crippen LogP contribution in [0, 0.1) is 0 Å². The van der Waals surface area contributed by atoms with Crippen LogP contribution >= 0.6 is 0 Å². The molecule has 22 heavy (non-hydrogen) atoms. The summed E-state index contributed by atoms with van der Waals surface area (Å²) < 4.78 is 17.0. The van der Waals surface area contributed by atoms with E-state index in [0.717, 1.165) is 31.0 Å². The highest BCUT2D eigenvalue weighted by atomic mass is 16.7. The maximum Gasteiger partial charge on any atom is 0.231 e. The first kappa shape index (κ1) is 12.9. The fraction of sp³-hybridized carbons (Fsp3) is 0.529. The predicted molar refractivity (Wildman–Crippen MR) is 79.0 cm³/mol. The van der Waals surface area contributed by atoms with E-state index in [1.807, 2.05) is 6.08 Å². The number of nitrogens with zero attached hydrogens (tertiary/aromatic N) is 1. The summed E-state index contributed by atoms with van der Waals surface area (Å²) in [6.45, 7) is 2.05. The molecule has 4 aliphatic rings. The Morgan fingerprint density at radius 2 is 2.14 bits per heavy atom. The van der Waals surface area contributed by atoms with E-state index in [-0.39, 0.29) is 23.7 Å². The molecule has 1 saturated heterocycles. The Bertz CT molecular complexity index is 673. The average Bonchev–Trinajstić information content (AvgIpc) is 3.06. The van der Waals surface area contributed by atoms with Crippen LogP contribution in [-0.4, -0.2) is 48.7 Å². The van der Waals surface area contributed by atoms with Crippen molar-refractivity contribution in [3.05, 3.63) is 35.4 Å². The number of aliphatic hydroxyl groups is 1. The van der Waals surface area contributed by atoms with Crippen LogP contribution in [0.3, 0.4) is 0 Å². The molecule has 0 spiro atoms. The molecule has 1 aromatic carbocycles. The molecule has 0 saturated carbocycles. The molecule has 1 fully saturated rings. The van der Waals surface area contributed by atoms with Gasteiger partial charge in [0, 0.05) is 26.2 Å². The molecule has 3 aliphatic heterocycles. The van der Waals surface area contributed by atoms with E-state index in [1.54, 1.807) is 7.11 Å². The monoisotopic (exact) mass is 301 g/mol. The van der Waals surface area contributed by atoms with Crippen LogP contribution in [-0.2, 0) is 16.7 Å². The first-order valence-corrected chi connectivity index (χ1v) is 7.79. The molecule has 116 valence electrons. The van der Waals surface area contributed by atoms with Gasteiger partial charge in [0.2, 0.25) is 6.79 Å². The van der Waals surface area contributed by atoms with Crippen molar-refractivity contribution in [1.29, 1.82) is 0 Å². The normalized spacial score (nSPS) is 40.5. The summed E-state index contributed by atoms with van der Waals surface area (Å²) in [5.41, 5.74) is 2.36. The van der Waals surface area contributed by atoms with Crippen molar-refractivity contribution in [2.45, 2.75) is 36.6 Å². The molecule has 1 aliphatic carbocycles. The van der Waals surface area contributed by atoms with Gasteiger partial charge >= 0.3 is 0 Å². The van der Waals surface area contributed by atoms with Gasteiger partial charge in [0.1, 0.15) is 0 Å². The fourth-order valence-electron chi connectivity index (χ4n) is 4.77. The highest BCUT2D eigenvalue weighted by molar-refractivity contribution is 5.56. The van der Waals surface area contributed by atoms with E-state index >= 15 is 0 Å². The van der Waals surface area contributed by atoms with Crippen LogP contribution in [0.15, 0.2) is 24.3 Å². The minimum atomic E-state index is -0.369. The minimum absolute atomic E-state index is 0.0999. The zero-order valence-corrected chi connectivity index (χ0v) is 12.5. The molecule has 1 aromatic rings. The molecule has 2 bridgehead atoms. The summed E-state index contributed by atoms with van der Waals surface area (Å²) in [5, 5.41) is 10.1. The van der Waals surface area contributed by atoms with Crippen molar-refractivity contribution in [2.24, 2.45) is 0 Å². The third-order valence-electron chi connectivity index (χ3n) is 5.71. The second-order valence-electron chi connectivity index (χ2n) is 6.63. The van der Waals surface area contributed by atoms with Crippen LogP contribution in [0.4, 0.5) is 0 Å². The Labute approximate surface area is 129 Å². The Morgan fingerprint density at radius 1 is 1.32 bits per heavy atom. The van der Waals surface area contributed by atoms with E-state index in [9.17, 15) is 5.11 Å². The molecule has 0 amide bonds. The van der Waals surface area contributed by atoms with Gasteiger partial charge in [0.15, 0.2) is 11.5 Å². The van der Waals surface area contributed by atoms with Gasteiger partial charge in [0.05, 0.1) is 17.6 Å². The van der Waals surface area contributed by atoms with Gasteiger partial charge in [-0.2, -0.15) is 0 Å². The van der Waals surface area contributed by atoms with Crippen molar-refractivity contribution < 1.29 is 19.3 Å². The molecule has 3 heterocycles. The fourth-order valence-corrected chi connectivity index (χ4v) is 4.77. The molecule has 1 N–H and O–H groups in total. The summed E-state index contributed by atoms with van der Waals surface area (Å²) in [4.78, 5) is 2.44. The largest absolute Gasteiger partial charge is 0.454 e. The van der Waals surface area contributed by atoms with Gasteiger partial charge in [-0.15, -0.1) is 0 Å². The first-order chi connectivity index (χ1) is 10.7. The topological polar surface area (TPSA) is 51.2 Å². The van der Waals surface area contributed by atoms with E-state index in [1.165, 1.54) is 11.1 Å². The molecular weight excluding hydrogens is 282 g/mol. The van der Waals surface area contributed by atoms with Gasteiger partial charge in [-0.1, -0.05) is 12.2 Å². The number of ether oxygens (including phenoxy) is 3. The van der Waals surface area contributed by atoms with Crippen LogP contribution in [0.5, 0.6) is 11.5 Å². The quantitative estimate of drug-likeness (QED) is 0.790. The maximum atomic E-state index is 10.1. The summed E-state index contributed by atoms with van der Waals surface area (Å²) in [6.07, 6.45) is 4.57. The molecular formula is C17H19NO4. The minimum Gasteiger partial charge on any atom is -0.454 e. The summed E-state index contributed by atoms with van der Waals surface area (Å²) >= 11 is 0. The molecule has 5 nitrogen and oxygen atoms in total.